The number of halogens is 1. The zero-order valence-corrected chi connectivity index (χ0v) is 18.1. The molecule has 3 heterocycles. The molecule has 2 aliphatic rings. The van der Waals surface area contributed by atoms with E-state index in [9.17, 15) is 9.18 Å². The number of hydrogen-bond acceptors (Lipinski definition) is 5. The van der Waals surface area contributed by atoms with Gasteiger partial charge in [-0.1, -0.05) is 24.3 Å². The van der Waals surface area contributed by atoms with Crippen LogP contribution in [0.5, 0.6) is 0 Å². The van der Waals surface area contributed by atoms with Crippen molar-refractivity contribution >= 4 is 11.7 Å². The summed E-state index contributed by atoms with van der Waals surface area (Å²) in [6.07, 6.45) is 3.42. The van der Waals surface area contributed by atoms with Crippen LogP contribution in [0.2, 0.25) is 0 Å². The standard InChI is InChI=1S/C24H32FN5O/c25-22-7-2-1-6-21(22)20-28-12-5-11-27(14-15-28)13-9-24(31)30-18-16-29(17-19-30)23-8-3-4-10-26-23/h1-4,6-8,10H,5,9,11-20H2. The molecule has 31 heavy (non-hydrogen) atoms. The largest absolute Gasteiger partial charge is 0.353 e. The lowest BCUT2D eigenvalue weighted by molar-refractivity contribution is -0.131. The quantitative estimate of drug-likeness (QED) is 0.711. The van der Waals surface area contributed by atoms with Crippen molar-refractivity contribution in [3.05, 3.63) is 60.0 Å². The van der Waals surface area contributed by atoms with Gasteiger partial charge in [-0.25, -0.2) is 9.37 Å². The average Bonchev–Trinajstić information content (AvgIpc) is 3.05. The molecule has 0 unspecified atom stereocenters. The Bertz CT molecular complexity index is 841. The Balaban J connectivity index is 1.18. The van der Waals surface area contributed by atoms with Gasteiger partial charge in [0.1, 0.15) is 11.6 Å². The maximum absolute atomic E-state index is 13.9. The summed E-state index contributed by atoms with van der Waals surface area (Å²) in [6.45, 7) is 8.42. The Morgan fingerprint density at radius 3 is 2.39 bits per heavy atom. The van der Waals surface area contributed by atoms with E-state index >= 15 is 0 Å². The predicted octanol–water partition coefficient (Wildman–Crippen LogP) is 2.47. The van der Waals surface area contributed by atoms with Gasteiger partial charge in [0.25, 0.3) is 0 Å². The molecule has 0 bridgehead atoms. The number of carbonyl (C=O) groups is 1. The third-order valence-electron chi connectivity index (χ3n) is 6.28. The van der Waals surface area contributed by atoms with Crippen LogP contribution in [-0.2, 0) is 11.3 Å². The number of anilines is 1. The molecule has 0 saturated carbocycles. The third kappa shape index (κ3) is 6.02. The van der Waals surface area contributed by atoms with Gasteiger partial charge in [0.15, 0.2) is 0 Å². The summed E-state index contributed by atoms with van der Waals surface area (Å²) in [5.74, 6) is 1.10. The van der Waals surface area contributed by atoms with E-state index in [1.807, 2.05) is 41.4 Å². The summed E-state index contributed by atoms with van der Waals surface area (Å²) in [5, 5.41) is 0. The van der Waals surface area contributed by atoms with Crippen molar-refractivity contribution in [3.63, 3.8) is 0 Å². The third-order valence-corrected chi connectivity index (χ3v) is 6.28. The van der Waals surface area contributed by atoms with Gasteiger partial charge < -0.3 is 14.7 Å². The molecular weight excluding hydrogens is 393 g/mol. The second kappa shape index (κ2) is 10.7. The van der Waals surface area contributed by atoms with Gasteiger partial charge in [-0.05, 0) is 37.7 Å². The van der Waals surface area contributed by atoms with Gasteiger partial charge >= 0.3 is 0 Å². The Hall–Kier alpha value is -2.51. The normalized spacial score (nSPS) is 18.7. The summed E-state index contributed by atoms with van der Waals surface area (Å²) in [4.78, 5) is 26.1. The first-order valence-electron chi connectivity index (χ1n) is 11.3. The van der Waals surface area contributed by atoms with E-state index in [2.05, 4.69) is 19.7 Å². The average molecular weight is 426 g/mol. The Labute approximate surface area is 184 Å². The second-order valence-electron chi connectivity index (χ2n) is 8.37. The number of benzene rings is 1. The first kappa shape index (κ1) is 21.7. The predicted molar refractivity (Wildman–Crippen MR) is 120 cm³/mol. The Morgan fingerprint density at radius 1 is 0.871 bits per heavy atom. The molecule has 0 N–H and O–H groups in total. The zero-order valence-electron chi connectivity index (χ0n) is 18.1. The van der Waals surface area contributed by atoms with E-state index in [4.69, 9.17) is 0 Å². The van der Waals surface area contributed by atoms with E-state index in [0.717, 1.165) is 76.7 Å². The van der Waals surface area contributed by atoms with E-state index < -0.39 is 0 Å². The van der Waals surface area contributed by atoms with Gasteiger partial charge in [0, 0.05) is 70.5 Å². The highest BCUT2D eigenvalue weighted by atomic mass is 19.1. The molecule has 2 saturated heterocycles. The summed E-state index contributed by atoms with van der Waals surface area (Å²) in [5.41, 5.74) is 0.760. The topological polar surface area (TPSA) is 42.9 Å². The molecule has 0 spiro atoms. The number of nitrogens with zero attached hydrogens (tertiary/aromatic N) is 5. The van der Waals surface area contributed by atoms with E-state index in [1.54, 1.807) is 6.07 Å². The van der Waals surface area contributed by atoms with Crippen molar-refractivity contribution in [2.24, 2.45) is 0 Å². The number of piperazine rings is 1. The van der Waals surface area contributed by atoms with E-state index in [0.29, 0.717) is 13.0 Å². The first-order valence-corrected chi connectivity index (χ1v) is 11.3. The van der Waals surface area contributed by atoms with Crippen LogP contribution in [0.4, 0.5) is 10.2 Å². The molecule has 2 aliphatic heterocycles. The van der Waals surface area contributed by atoms with Gasteiger partial charge in [-0.3, -0.25) is 9.69 Å². The Morgan fingerprint density at radius 2 is 1.61 bits per heavy atom. The smallest absolute Gasteiger partial charge is 0.223 e. The number of aromatic nitrogens is 1. The number of hydrogen-bond donors (Lipinski definition) is 0. The van der Waals surface area contributed by atoms with Crippen LogP contribution in [0.3, 0.4) is 0 Å². The molecule has 1 aromatic carbocycles. The number of pyridine rings is 1. The molecule has 1 amide bonds. The van der Waals surface area contributed by atoms with Gasteiger partial charge in [0.05, 0.1) is 0 Å². The monoisotopic (exact) mass is 425 g/mol. The molecular formula is C24H32FN5O. The van der Waals surface area contributed by atoms with Gasteiger partial charge in [-0.15, -0.1) is 0 Å². The molecule has 6 nitrogen and oxygen atoms in total. The van der Waals surface area contributed by atoms with Crippen LogP contribution in [0.15, 0.2) is 48.7 Å². The van der Waals surface area contributed by atoms with Crippen LogP contribution in [0.25, 0.3) is 0 Å². The van der Waals surface area contributed by atoms with Crippen molar-refractivity contribution in [1.29, 1.82) is 0 Å². The van der Waals surface area contributed by atoms with E-state index in [1.165, 1.54) is 6.07 Å². The fraction of sp³-hybridized carbons (Fsp3) is 0.500. The summed E-state index contributed by atoms with van der Waals surface area (Å²) >= 11 is 0. The number of amides is 1. The fourth-order valence-corrected chi connectivity index (χ4v) is 4.41. The summed E-state index contributed by atoms with van der Waals surface area (Å²) in [6, 6.07) is 13.0. The SMILES string of the molecule is O=C(CCN1CCCN(Cc2ccccc2F)CC1)N1CCN(c2ccccn2)CC1. The van der Waals surface area contributed by atoms with Crippen molar-refractivity contribution < 1.29 is 9.18 Å². The highest BCUT2D eigenvalue weighted by Crippen LogP contribution is 2.15. The maximum Gasteiger partial charge on any atom is 0.223 e. The van der Waals surface area contributed by atoms with Crippen molar-refractivity contribution in [3.8, 4) is 0 Å². The van der Waals surface area contributed by atoms with Crippen molar-refractivity contribution in [1.82, 2.24) is 19.7 Å². The van der Waals surface area contributed by atoms with Crippen LogP contribution in [0, 0.1) is 5.82 Å². The molecule has 2 fully saturated rings. The molecule has 0 atom stereocenters. The molecule has 166 valence electrons. The second-order valence-corrected chi connectivity index (χ2v) is 8.37. The van der Waals surface area contributed by atoms with Gasteiger partial charge in [0.2, 0.25) is 5.91 Å². The van der Waals surface area contributed by atoms with E-state index in [-0.39, 0.29) is 11.7 Å². The fourth-order valence-electron chi connectivity index (χ4n) is 4.41. The minimum atomic E-state index is -0.127. The molecule has 0 radical (unpaired) electrons. The van der Waals surface area contributed by atoms with Crippen LogP contribution < -0.4 is 4.90 Å². The lowest BCUT2D eigenvalue weighted by Crippen LogP contribution is -2.49. The molecule has 0 aliphatic carbocycles. The highest BCUT2D eigenvalue weighted by Gasteiger charge is 2.23. The minimum absolute atomic E-state index is 0.127. The lowest BCUT2D eigenvalue weighted by Gasteiger charge is -2.35. The zero-order chi connectivity index (χ0) is 21.5. The lowest BCUT2D eigenvalue weighted by atomic mass is 10.2. The molecule has 1 aromatic heterocycles. The number of rotatable bonds is 6. The summed E-state index contributed by atoms with van der Waals surface area (Å²) in [7, 11) is 0. The molecule has 7 heteroatoms. The summed E-state index contributed by atoms with van der Waals surface area (Å²) < 4.78 is 13.9. The Kier molecular flexibility index (Phi) is 7.48. The van der Waals surface area contributed by atoms with Crippen LogP contribution in [-0.4, -0.2) is 84.5 Å². The first-order chi connectivity index (χ1) is 15.2. The molecule has 2 aromatic rings. The van der Waals surface area contributed by atoms with Crippen LogP contribution >= 0.6 is 0 Å². The molecule has 4 rings (SSSR count). The van der Waals surface area contributed by atoms with Crippen LogP contribution in [0.1, 0.15) is 18.4 Å². The van der Waals surface area contributed by atoms with Crippen molar-refractivity contribution in [2.75, 3.05) is 63.8 Å². The minimum Gasteiger partial charge on any atom is -0.353 e. The van der Waals surface area contributed by atoms with Gasteiger partial charge in [-0.2, -0.15) is 0 Å². The van der Waals surface area contributed by atoms with Crippen molar-refractivity contribution in [2.45, 2.75) is 19.4 Å². The highest BCUT2D eigenvalue weighted by molar-refractivity contribution is 5.76. The number of carbonyl (C=O) groups excluding carboxylic acids is 1. The maximum atomic E-state index is 13.9.